The van der Waals surface area contributed by atoms with Gasteiger partial charge >= 0.3 is 0 Å². The van der Waals surface area contributed by atoms with Crippen molar-refractivity contribution < 1.29 is 4.74 Å². The van der Waals surface area contributed by atoms with Crippen molar-refractivity contribution in [2.24, 2.45) is 0 Å². The van der Waals surface area contributed by atoms with E-state index in [4.69, 9.17) is 4.74 Å². The van der Waals surface area contributed by atoms with Gasteiger partial charge in [-0.25, -0.2) is 4.98 Å². The Hall–Kier alpha value is -2.03. The minimum atomic E-state index is 0.504. The molecule has 3 nitrogen and oxygen atoms in total. The standard InChI is InChI=1S/C17H22N2O/c1-12(2)14-8-7-13(3)16(10-14)20-11-15-6-5-9-19-17(15)18-4/h5-10,12H,11H2,1-4H3,(H,18,19). The Balaban J connectivity index is 2.16. The molecular formula is C17H22N2O. The van der Waals surface area contributed by atoms with E-state index >= 15 is 0 Å². The van der Waals surface area contributed by atoms with E-state index in [2.05, 4.69) is 49.3 Å². The Morgan fingerprint density at radius 2 is 2.05 bits per heavy atom. The normalized spacial score (nSPS) is 10.7. The summed E-state index contributed by atoms with van der Waals surface area (Å²) in [6, 6.07) is 10.4. The number of aromatic nitrogens is 1. The highest BCUT2D eigenvalue weighted by Crippen LogP contribution is 2.25. The van der Waals surface area contributed by atoms with Crippen LogP contribution in [0.25, 0.3) is 0 Å². The first kappa shape index (κ1) is 14.4. The number of pyridine rings is 1. The molecule has 0 saturated carbocycles. The van der Waals surface area contributed by atoms with Crippen LogP contribution in [0.2, 0.25) is 0 Å². The highest BCUT2D eigenvalue weighted by Gasteiger charge is 2.07. The maximum absolute atomic E-state index is 5.98. The van der Waals surface area contributed by atoms with Gasteiger partial charge in [-0.1, -0.05) is 32.0 Å². The molecule has 3 heteroatoms. The van der Waals surface area contributed by atoms with Crippen molar-refractivity contribution in [1.29, 1.82) is 0 Å². The van der Waals surface area contributed by atoms with E-state index in [-0.39, 0.29) is 0 Å². The second-order valence-electron chi connectivity index (χ2n) is 5.23. The average Bonchev–Trinajstić information content (AvgIpc) is 2.46. The van der Waals surface area contributed by atoms with Crippen LogP contribution in [0.5, 0.6) is 5.75 Å². The summed E-state index contributed by atoms with van der Waals surface area (Å²) >= 11 is 0. The van der Waals surface area contributed by atoms with Gasteiger partial charge in [0.15, 0.2) is 0 Å². The van der Waals surface area contributed by atoms with Crippen LogP contribution in [-0.2, 0) is 6.61 Å². The van der Waals surface area contributed by atoms with Crippen LogP contribution in [0.15, 0.2) is 36.5 Å². The molecule has 0 atom stereocenters. The van der Waals surface area contributed by atoms with Crippen LogP contribution in [0.1, 0.15) is 36.5 Å². The number of anilines is 1. The van der Waals surface area contributed by atoms with Gasteiger partial charge in [-0.15, -0.1) is 0 Å². The van der Waals surface area contributed by atoms with Crippen molar-refractivity contribution in [3.8, 4) is 5.75 Å². The van der Waals surface area contributed by atoms with E-state index in [9.17, 15) is 0 Å². The summed E-state index contributed by atoms with van der Waals surface area (Å²) in [5.74, 6) is 2.32. The van der Waals surface area contributed by atoms with Gasteiger partial charge in [0.2, 0.25) is 0 Å². The molecule has 0 amide bonds. The lowest BCUT2D eigenvalue weighted by molar-refractivity contribution is 0.304. The summed E-state index contributed by atoms with van der Waals surface area (Å²) < 4.78 is 5.98. The van der Waals surface area contributed by atoms with E-state index < -0.39 is 0 Å². The Kier molecular flexibility index (Phi) is 4.61. The van der Waals surface area contributed by atoms with Gasteiger partial charge in [0.25, 0.3) is 0 Å². The topological polar surface area (TPSA) is 34.2 Å². The molecule has 1 aromatic carbocycles. The molecule has 106 valence electrons. The fraction of sp³-hybridized carbons (Fsp3) is 0.353. The molecule has 2 aromatic rings. The summed E-state index contributed by atoms with van der Waals surface area (Å²) in [6.45, 7) is 6.97. The Bertz CT molecular complexity index is 579. The maximum Gasteiger partial charge on any atom is 0.132 e. The van der Waals surface area contributed by atoms with Crippen LogP contribution in [0.4, 0.5) is 5.82 Å². The molecule has 1 heterocycles. The van der Waals surface area contributed by atoms with Gasteiger partial charge < -0.3 is 10.1 Å². The molecule has 1 N–H and O–H groups in total. The number of hydrogen-bond donors (Lipinski definition) is 1. The summed E-state index contributed by atoms with van der Waals surface area (Å²) in [7, 11) is 1.87. The number of nitrogens with zero attached hydrogens (tertiary/aromatic N) is 1. The Labute approximate surface area is 121 Å². The number of benzene rings is 1. The number of hydrogen-bond acceptors (Lipinski definition) is 3. The largest absolute Gasteiger partial charge is 0.488 e. The number of ether oxygens (including phenoxy) is 1. The molecule has 0 radical (unpaired) electrons. The minimum absolute atomic E-state index is 0.504. The molecule has 1 aromatic heterocycles. The van der Waals surface area contributed by atoms with E-state index in [0.29, 0.717) is 12.5 Å². The van der Waals surface area contributed by atoms with Crippen LogP contribution < -0.4 is 10.1 Å². The molecule has 0 aliphatic heterocycles. The quantitative estimate of drug-likeness (QED) is 0.887. The predicted molar refractivity (Wildman–Crippen MR) is 83.4 cm³/mol. The highest BCUT2D eigenvalue weighted by atomic mass is 16.5. The molecular weight excluding hydrogens is 248 g/mol. The van der Waals surface area contributed by atoms with Crippen molar-refractivity contribution in [2.75, 3.05) is 12.4 Å². The van der Waals surface area contributed by atoms with Crippen LogP contribution in [-0.4, -0.2) is 12.0 Å². The number of aryl methyl sites for hydroxylation is 1. The Morgan fingerprint density at radius 3 is 2.75 bits per heavy atom. The van der Waals surface area contributed by atoms with E-state index in [1.807, 2.05) is 19.2 Å². The van der Waals surface area contributed by atoms with Crippen LogP contribution in [0.3, 0.4) is 0 Å². The van der Waals surface area contributed by atoms with Crippen LogP contribution >= 0.6 is 0 Å². The zero-order valence-corrected chi connectivity index (χ0v) is 12.6. The lowest BCUT2D eigenvalue weighted by Gasteiger charge is -2.14. The first-order valence-corrected chi connectivity index (χ1v) is 6.96. The molecule has 0 aliphatic carbocycles. The van der Waals surface area contributed by atoms with Gasteiger partial charge in [0, 0.05) is 18.8 Å². The molecule has 0 fully saturated rings. The second-order valence-corrected chi connectivity index (χ2v) is 5.23. The van der Waals surface area contributed by atoms with Crippen molar-refractivity contribution >= 4 is 5.82 Å². The molecule has 0 bridgehead atoms. The lowest BCUT2D eigenvalue weighted by atomic mass is 10.0. The second kappa shape index (κ2) is 6.42. The van der Waals surface area contributed by atoms with Crippen molar-refractivity contribution in [1.82, 2.24) is 4.98 Å². The zero-order valence-electron chi connectivity index (χ0n) is 12.6. The summed E-state index contributed by atoms with van der Waals surface area (Å²) in [4.78, 5) is 4.29. The van der Waals surface area contributed by atoms with Gasteiger partial charge in [-0.05, 0) is 36.1 Å². The summed E-state index contributed by atoms with van der Waals surface area (Å²) in [5, 5.41) is 3.08. The van der Waals surface area contributed by atoms with Crippen molar-refractivity contribution in [3.63, 3.8) is 0 Å². The molecule has 0 unspecified atom stereocenters. The van der Waals surface area contributed by atoms with Gasteiger partial charge in [0.05, 0.1) is 0 Å². The first-order chi connectivity index (χ1) is 9.61. The van der Waals surface area contributed by atoms with Crippen molar-refractivity contribution in [2.45, 2.75) is 33.3 Å². The maximum atomic E-state index is 5.98. The minimum Gasteiger partial charge on any atom is -0.488 e. The third-order valence-electron chi connectivity index (χ3n) is 3.39. The lowest BCUT2D eigenvalue weighted by Crippen LogP contribution is -2.03. The smallest absolute Gasteiger partial charge is 0.132 e. The molecule has 0 aliphatic rings. The third kappa shape index (κ3) is 3.29. The Morgan fingerprint density at radius 1 is 1.25 bits per heavy atom. The molecule has 0 spiro atoms. The van der Waals surface area contributed by atoms with Crippen molar-refractivity contribution in [3.05, 3.63) is 53.2 Å². The third-order valence-corrected chi connectivity index (χ3v) is 3.39. The van der Waals surface area contributed by atoms with Gasteiger partial charge in [-0.3, -0.25) is 0 Å². The molecule has 2 rings (SSSR count). The number of rotatable bonds is 5. The average molecular weight is 270 g/mol. The van der Waals surface area contributed by atoms with E-state index in [1.165, 1.54) is 5.56 Å². The SMILES string of the molecule is CNc1ncccc1COc1cc(C(C)C)ccc1C. The predicted octanol–water partition coefficient (Wildman–Crippen LogP) is 4.13. The van der Waals surface area contributed by atoms with E-state index in [0.717, 1.165) is 22.7 Å². The highest BCUT2D eigenvalue weighted by molar-refractivity contribution is 5.43. The summed E-state index contributed by atoms with van der Waals surface area (Å²) in [5.41, 5.74) is 3.51. The van der Waals surface area contributed by atoms with Gasteiger partial charge in [0.1, 0.15) is 18.2 Å². The monoisotopic (exact) mass is 270 g/mol. The summed E-state index contributed by atoms with van der Waals surface area (Å²) in [6.07, 6.45) is 1.78. The van der Waals surface area contributed by atoms with E-state index in [1.54, 1.807) is 6.20 Å². The first-order valence-electron chi connectivity index (χ1n) is 6.96. The molecule has 20 heavy (non-hydrogen) atoms. The number of nitrogens with one attached hydrogen (secondary N) is 1. The van der Waals surface area contributed by atoms with Crippen LogP contribution in [0, 0.1) is 6.92 Å². The fourth-order valence-corrected chi connectivity index (χ4v) is 2.07. The zero-order chi connectivity index (χ0) is 14.5. The molecule has 0 saturated heterocycles. The van der Waals surface area contributed by atoms with Gasteiger partial charge in [-0.2, -0.15) is 0 Å². The fourth-order valence-electron chi connectivity index (χ4n) is 2.07.